The van der Waals surface area contributed by atoms with Gasteiger partial charge < -0.3 is 10.4 Å². The Labute approximate surface area is 98.0 Å². The van der Waals surface area contributed by atoms with Crippen LogP contribution in [-0.4, -0.2) is 11.7 Å². The minimum atomic E-state index is 0.186. The molecule has 0 aliphatic carbocycles. The molecule has 1 aromatic rings. The summed E-state index contributed by atoms with van der Waals surface area (Å²) in [6.45, 7) is 7.00. The molecular formula is C14H21NO. The summed E-state index contributed by atoms with van der Waals surface area (Å²) in [6, 6.07) is 6.00. The van der Waals surface area contributed by atoms with Crippen molar-refractivity contribution in [2.45, 2.75) is 33.2 Å². The van der Waals surface area contributed by atoms with E-state index in [-0.39, 0.29) is 6.04 Å². The number of phenols is 1. The predicted molar refractivity (Wildman–Crippen MR) is 68.7 cm³/mol. The van der Waals surface area contributed by atoms with E-state index in [4.69, 9.17) is 0 Å². The molecule has 0 heterocycles. The molecule has 0 spiro atoms. The van der Waals surface area contributed by atoms with Crippen LogP contribution in [0.15, 0.2) is 30.4 Å². The quantitative estimate of drug-likeness (QED) is 0.588. The molecule has 0 saturated heterocycles. The smallest absolute Gasteiger partial charge is 0.120 e. The van der Waals surface area contributed by atoms with E-state index in [1.54, 1.807) is 6.07 Å². The summed E-state index contributed by atoms with van der Waals surface area (Å²) in [7, 11) is 0. The van der Waals surface area contributed by atoms with Crippen LogP contribution in [0.1, 0.15) is 37.4 Å². The van der Waals surface area contributed by atoms with Crippen molar-refractivity contribution < 1.29 is 5.11 Å². The number of aromatic hydroxyl groups is 1. The monoisotopic (exact) mass is 219 g/mol. The molecule has 0 amide bonds. The van der Waals surface area contributed by atoms with Crippen LogP contribution in [-0.2, 0) is 0 Å². The molecule has 2 heteroatoms. The number of nitrogens with one attached hydrogen (secondary N) is 1. The van der Waals surface area contributed by atoms with E-state index in [0.717, 1.165) is 24.1 Å². The van der Waals surface area contributed by atoms with Crippen LogP contribution < -0.4 is 5.32 Å². The standard InChI is InChI=1S/C14H21NO/c1-4-5-6-9-15-12(3)13-8-7-11(2)10-14(13)16/h4-5,7-8,10,12,15-16H,6,9H2,1-3H3/b5-4+. The number of hydrogen-bond donors (Lipinski definition) is 2. The fourth-order valence-electron chi connectivity index (χ4n) is 1.68. The second kappa shape index (κ2) is 6.33. The second-order valence-electron chi connectivity index (χ2n) is 4.10. The van der Waals surface area contributed by atoms with E-state index >= 15 is 0 Å². The van der Waals surface area contributed by atoms with Crippen molar-refractivity contribution in [1.29, 1.82) is 0 Å². The average Bonchev–Trinajstić information content (AvgIpc) is 2.24. The van der Waals surface area contributed by atoms with Gasteiger partial charge >= 0.3 is 0 Å². The molecule has 1 rings (SSSR count). The van der Waals surface area contributed by atoms with Crippen LogP contribution in [0.25, 0.3) is 0 Å². The van der Waals surface area contributed by atoms with Gasteiger partial charge in [0, 0.05) is 11.6 Å². The Hall–Kier alpha value is -1.28. The Morgan fingerprint density at radius 1 is 1.44 bits per heavy atom. The van der Waals surface area contributed by atoms with Crippen LogP contribution in [0.2, 0.25) is 0 Å². The fraction of sp³-hybridized carbons (Fsp3) is 0.429. The van der Waals surface area contributed by atoms with Gasteiger partial charge in [-0.25, -0.2) is 0 Å². The summed E-state index contributed by atoms with van der Waals surface area (Å²) in [6.07, 6.45) is 5.21. The van der Waals surface area contributed by atoms with Crippen molar-refractivity contribution in [3.8, 4) is 5.75 Å². The van der Waals surface area contributed by atoms with Gasteiger partial charge in [-0.05, 0) is 45.4 Å². The van der Waals surface area contributed by atoms with Crippen molar-refractivity contribution in [2.24, 2.45) is 0 Å². The molecule has 0 aliphatic heterocycles. The lowest BCUT2D eigenvalue weighted by atomic mass is 10.1. The number of allylic oxidation sites excluding steroid dienone is 1. The minimum Gasteiger partial charge on any atom is -0.508 e. The highest BCUT2D eigenvalue weighted by Crippen LogP contribution is 2.24. The van der Waals surface area contributed by atoms with Crippen LogP contribution in [0, 0.1) is 6.92 Å². The molecule has 16 heavy (non-hydrogen) atoms. The van der Waals surface area contributed by atoms with Crippen LogP contribution in [0.3, 0.4) is 0 Å². The molecule has 0 aromatic heterocycles. The summed E-state index contributed by atoms with van der Waals surface area (Å²) in [5.74, 6) is 0.381. The molecule has 2 nitrogen and oxygen atoms in total. The average molecular weight is 219 g/mol. The molecule has 1 unspecified atom stereocenters. The van der Waals surface area contributed by atoms with Crippen molar-refractivity contribution in [3.05, 3.63) is 41.5 Å². The lowest BCUT2D eigenvalue weighted by Gasteiger charge is -2.15. The Kier molecular flexibility index (Phi) is 5.06. The number of hydrogen-bond acceptors (Lipinski definition) is 2. The van der Waals surface area contributed by atoms with E-state index in [1.165, 1.54) is 0 Å². The SMILES string of the molecule is C/C=C/CCNC(C)c1ccc(C)cc1O. The molecule has 0 radical (unpaired) electrons. The van der Waals surface area contributed by atoms with Crippen LogP contribution >= 0.6 is 0 Å². The third kappa shape index (κ3) is 3.70. The van der Waals surface area contributed by atoms with E-state index < -0.39 is 0 Å². The number of rotatable bonds is 5. The van der Waals surface area contributed by atoms with Crippen LogP contribution in [0.4, 0.5) is 0 Å². The third-order valence-corrected chi connectivity index (χ3v) is 2.65. The van der Waals surface area contributed by atoms with Crippen molar-refractivity contribution in [2.75, 3.05) is 6.54 Å². The predicted octanol–water partition coefficient (Wildman–Crippen LogP) is 3.32. The highest BCUT2D eigenvalue weighted by atomic mass is 16.3. The fourth-order valence-corrected chi connectivity index (χ4v) is 1.68. The lowest BCUT2D eigenvalue weighted by molar-refractivity contribution is 0.453. The number of phenolic OH excluding ortho intramolecular Hbond substituents is 1. The van der Waals surface area contributed by atoms with Gasteiger partial charge in [0.15, 0.2) is 0 Å². The first-order valence-corrected chi connectivity index (χ1v) is 5.79. The zero-order chi connectivity index (χ0) is 12.0. The lowest BCUT2D eigenvalue weighted by Crippen LogP contribution is -2.19. The topological polar surface area (TPSA) is 32.3 Å². The van der Waals surface area contributed by atoms with E-state index in [1.807, 2.05) is 26.0 Å². The molecule has 0 saturated carbocycles. The zero-order valence-corrected chi connectivity index (χ0v) is 10.3. The molecular weight excluding hydrogens is 198 g/mol. The first kappa shape index (κ1) is 12.8. The van der Waals surface area contributed by atoms with Gasteiger partial charge in [-0.3, -0.25) is 0 Å². The highest BCUT2D eigenvalue weighted by Gasteiger charge is 2.08. The van der Waals surface area contributed by atoms with Crippen molar-refractivity contribution in [3.63, 3.8) is 0 Å². The summed E-state index contributed by atoms with van der Waals surface area (Å²) in [5, 5.41) is 13.2. The van der Waals surface area contributed by atoms with Gasteiger partial charge in [-0.1, -0.05) is 24.3 Å². The summed E-state index contributed by atoms with van der Waals surface area (Å²) >= 11 is 0. The van der Waals surface area contributed by atoms with Gasteiger partial charge in [0.25, 0.3) is 0 Å². The summed E-state index contributed by atoms with van der Waals surface area (Å²) in [4.78, 5) is 0. The number of benzene rings is 1. The largest absolute Gasteiger partial charge is 0.508 e. The van der Waals surface area contributed by atoms with Crippen molar-refractivity contribution >= 4 is 0 Å². The molecule has 0 bridgehead atoms. The summed E-state index contributed by atoms with van der Waals surface area (Å²) < 4.78 is 0. The number of aryl methyl sites for hydroxylation is 1. The maximum Gasteiger partial charge on any atom is 0.120 e. The Balaban J connectivity index is 2.55. The van der Waals surface area contributed by atoms with Gasteiger partial charge in [-0.2, -0.15) is 0 Å². The third-order valence-electron chi connectivity index (χ3n) is 2.65. The molecule has 1 aromatic carbocycles. The first-order valence-electron chi connectivity index (χ1n) is 5.79. The maximum atomic E-state index is 9.81. The second-order valence-corrected chi connectivity index (χ2v) is 4.10. The molecule has 1 atom stereocenters. The van der Waals surface area contributed by atoms with Gasteiger partial charge in [-0.15, -0.1) is 0 Å². The maximum absolute atomic E-state index is 9.81. The Bertz CT molecular complexity index is 358. The normalized spacial score (nSPS) is 13.2. The highest BCUT2D eigenvalue weighted by molar-refractivity contribution is 5.37. The first-order chi connectivity index (χ1) is 7.65. The zero-order valence-electron chi connectivity index (χ0n) is 10.3. The molecule has 2 N–H and O–H groups in total. The summed E-state index contributed by atoms with van der Waals surface area (Å²) in [5.41, 5.74) is 2.05. The molecule has 0 fully saturated rings. The van der Waals surface area contributed by atoms with Gasteiger partial charge in [0.05, 0.1) is 0 Å². The van der Waals surface area contributed by atoms with E-state index in [9.17, 15) is 5.11 Å². The minimum absolute atomic E-state index is 0.186. The van der Waals surface area contributed by atoms with Crippen LogP contribution in [0.5, 0.6) is 5.75 Å². The van der Waals surface area contributed by atoms with Gasteiger partial charge in [0.2, 0.25) is 0 Å². The van der Waals surface area contributed by atoms with Gasteiger partial charge in [0.1, 0.15) is 5.75 Å². The molecule has 88 valence electrons. The molecule has 0 aliphatic rings. The Morgan fingerprint density at radius 3 is 2.81 bits per heavy atom. The van der Waals surface area contributed by atoms with E-state index in [0.29, 0.717) is 5.75 Å². The van der Waals surface area contributed by atoms with E-state index in [2.05, 4.69) is 24.4 Å². The Morgan fingerprint density at radius 2 is 2.19 bits per heavy atom. The van der Waals surface area contributed by atoms with Crippen molar-refractivity contribution in [1.82, 2.24) is 5.32 Å².